The molecule has 1 saturated heterocycles. The van der Waals surface area contributed by atoms with Crippen molar-refractivity contribution in [3.63, 3.8) is 0 Å². The summed E-state index contributed by atoms with van der Waals surface area (Å²) in [6.45, 7) is 5.43. The number of carbonyl (C=O) groups excluding carboxylic acids is 1. The minimum atomic E-state index is 0.0553. The number of amides is 1. The number of nitrogens with one attached hydrogen (secondary N) is 1. The topological polar surface area (TPSA) is 32.3 Å². The normalized spacial score (nSPS) is 19.0. The fraction of sp³-hybridized carbons (Fsp3) is 0.435. The molecule has 0 saturated carbocycles. The molecule has 1 heterocycles. The SMILES string of the molecule is CC(CCC1CCCN(Cc2ccccc2)C1)C(=O)Nc1ccccc1. The molecule has 2 aromatic rings. The molecular formula is C23H30N2O. The van der Waals surface area contributed by atoms with Crippen LogP contribution < -0.4 is 5.32 Å². The molecule has 1 aliphatic rings. The number of carbonyl (C=O) groups is 1. The summed E-state index contributed by atoms with van der Waals surface area (Å²) in [5, 5.41) is 3.02. The van der Waals surface area contributed by atoms with E-state index in [1.165, 1.54) is 24.9 Å². The molecule has 0 bridgehead atoms. The van der Waals surface area contributed by atoms with Gasteiger partial charge >= 0.3 is 0 Å². The summed E-state index contributed by atoms with van der Waals surface area (Å²) in [5.41, 5.74) is 2.28. The van der Waals surface area contributed by atoms with Gasteiger partial charge in [-0.3, -0.25) is 9.69 Å². The van der Waals surface area contributed by atoms with Crippen LogP contribution in [0.3, 0.4) is 0 Å². The summed E-state index contributed by atoms with van der Waals surface area (Å²) >= 11 is 0. The zero-order valence-corrected chi connectivity index (χ0v) is 15.7. The molecule has 0 radical (unpaired) electrons. The maximum absolute atomic E-state index is 12.4. The van der Waals surface area contributed by atoms with Gasteiger partial charge in [-0.1, -0.05) is 55.5 Å². The predicted octanol–water partition coefficient (Wildman–Crippen LogP) is 4.95. The maximum Gasteiger partial charge on any atom is 0.227 e. The van der Waals surface area contributed by atoms with Crippen LogP contribution in [0, 0.1) is 11.8 Å². The Morgan fingerprint density at radius 2 is 1.81 bits per heavy atom. The van der Waals surface area contributed by atoms with Gasteiger partial charge in [0.1, 0.15) is 0 Å². The number of para-hydroxylation sites is 1. The van der Waals surface area contributed by atoms with E-state index in [0.29, 0.717) is 5.92 Å². The molecule has 3 rings (SSSR count). The van der Waals surface area contributed by atoms with E-state index in [4.69, 9.17) is 0 Å². The molecule has 1 N–H and O–H groups in total. The van der Waals surface area contributed by atoms with Crippen LogP contribution in [0.4, 0.5) is 5.69 Å². The van der Waals surface area contributed by atoms with Crippen LogP contribution in [0.1, 0.15) is 38.2 Å². The molecule has 1 aliphatic heterocycles. The molecule has 0 aromatic heterocycles. The van der Waals surface area contributed by atoms with E-state index in [1.54, 1.807) is 0 Å². The van der Waals surface area contributed by atoms with Crippen LogP contribution in [0.2, 0.25) is 0 Å². The second-order valence-electron chi connectivity index (χ2n) is 7.56. The first-order chi connectivity index (χ1) is 12.7. The van der Waals surface area contributed by atoms with Gasteiger partial charge in [0.15, 0.2) is 0 Å². The number of nitrogens with zero attached hydrogens (tertiary/aromatic N) is 1. The minimum Gasteiger partial charge on any atom is -0.326 e. The molecular weight excluding hydrogens is 320 g/mol. The fourth-order valence-corrected chi connectivity index (χ4v) is 3.78. The lowest BCUT2D eigenvalue weighted by Crippen LogP contribution is -2.35. The Labute approximate surface area is 157 Å². The standard InChI is InChI=1S/C23H30N2O/c1-19(23(26)24-22-12-6-3-7-13-22)14-15-21-11-8-16-25(18-21)17-20-9-4-2-5-10-20/h2-7,9-10,12-13,19,21H,8,11,14-18H2,1H3,(H,24,26). The Morgan fingerprint density at radius 3 is 2.54 bits per heavy atom. The first kappa shape index (κ1) is 18.7. The summed E-state index contributed by atoms with van der Waals surface area (Å²) in [4.78, 5) is 14.9. The summed E-state index contributed by atoms with van der Waals surface area (Å²) in [6.07, 6.45) is 4.65. The van der Waals surface area contributed by atoms with Crippen molar-refractivity contribution in [2.75, 3.05) is 18.4 Å². The van der Waals surface area contributed by atoms with Crippen molar-refractivity contribution in [3.05, 3.63) is 66.2 Å². The van der Waals surface area contributed by atoms with E-state index >= 15 is 0 Å². The molecule has 2 aromatic carbocycles. The lowest BCUT2D eigenvalue weighted by Gasteiger charge is -2.33. The van der Waals surface area contributed by atoms with Crippen LogP contribution in [-0.4, -0.2) is 23.9 Å². The van der Waals surface area contributed by atoms with E-state index in [9.17, 15) is 4.79 Å². The molecule has 2 atom stereocenters. The Hall–Kier alpha value is -2.13. The average molecular weight is 351 g/mol. The maximum atomic E-state index is 12.4. The number of hydrogen-bond acceptors (Lipinski definition) is 2. The molecule has 1 amide bonds. The van der Waals surface area contributed by atoms with Crippen LogP contribution in [0.25, 0.3) is 0 Å². The summed E-state index contributed by atoms with van der Waals surface area (Å²) in [7, 11) is 0. The Balaban J connectivity index is 1.42. The van der Waals surface area contributed by atoms with Crippen LogP contribution in [0.5, 0.6) is 0 Å². The molecule has 3 heteroatoms. The summed E-state index contributed by atoms with van der Waals surface area (Å²) < 4.78 is 0. The molecule has 1 fully saturated rings. The largest absolute Gasteiger partial charge is 0.326 e. The second-order valence-corrected chi connectivity index (χ2v) is 7.56. The molecule has 3 nitrogen and oxygen atoms in total. The number of benzene rings is 2. The Kier molecular flexibility index (Phi) is 6.84. The zero-order valence-electron chi connectivity index (χ0n) is 15.7. The van der Waals surface area contributed by atoms with Gasteiger partial charge in [-0.05, 0) is 55.8 Å². The van der Waals surface area contributed by atoms with Crippen LogP contribution >= 0.6 is 0 Å². The quantitative estimate of drug-likeness (QED) is 0.766. The van der Waals surface area contributed by atoms with Gasteiger partial charge in [0, 0.05) is 24.7 Å². The van der Waals surface area contributed by atoms with Crippen molar-refractivity contribution in [3.8, 4) is 0 Å². The summed E-state index contributed by atoms with van der Waals surface area (Å²) in [6, 6.07) is 20.5. The third kappa shape index (κ3) is 5.70. The highest BCUT2D eigenvalue weighted by Crippen LogP contribution is 2.24. The van der Waals surface area contributed by atoms with Crippen LogP contribution in [0.15, 0.2) is 60.7 Å². The first-order valence-corrected chi connectivity index (χ1v) is 9.83. The van der Waals surface area contributed by atoms with Crippen molar-refractivity contribution in [2.45, 2.75) is 39.2 Å². The highest BCUT2D eigenvalue weighted by atomic mass is 16.1. The number of likely N-dealkylation sites (tertiary alicyclic amines) is 1. The van der Waals surface area contributed by atoms with Crippen molar-refractivity contribution in [1.29, 1.82) is 0 Å². The van der Waals surface area contributed by atoms with Crippen molar-refractivity contribution in [2.24, 2.45) is 11.8 Å². The van der Waals surface area contributed by atoms with Gasteiger partial charge < -0.3 is 5.32 Å². The van der Waals surface area contributed by atoms with E-state index in [1.807, 2.05) is 37.3 Å². The van der Waals surface area contributed by atoms with E-state index in [0.717, 1.165) is 31.6 Å². The average Bonchev–Trinajstić information content (AvgIpc) is 2.68. The third-order valence-electron chi connectivity index (χ3n) is 5.35. The number of anilines is 1. The van der Waals surface area contributed by atoms with Crippen molar-refractivity contribution >= 4 is 11.6 Å². The summed E-state index contributed by atoms with van der Waals surface area (Å²) in [5.74, 6) is 0.896. The van der Waals surface area contributed by atoms with Crippen LogP contribution in [-0.2, 0) is 11.3 Å². The van der Waals surface area contributed by atoms with E-state index in [-0.39, 0.29) is 11.8 Å². The van der Waals surface area contributed by atoms with Gasteiger partial charge in [0.25, 0.3) is 0 Å². The van der Waals surface area contributed by atoms with Gasteiger partial charge in [-0.15, -0.1) is 0 Å². The Morgan fingerprint density at radius 1 is 1.12 bits per heavy atom. The van der Waals surface area contributed by atoms with Gasteiger partial charge in [-0.2, -0.15) is 0 Å². The predicted molar refractivity (Wildman–Crippen MR) is 108 cm³/mol. The monoisotopic (exact) mass is 350 g/mol. The van der Waals surface area contributed by atoms with E-state index < -0.39 is 0 Å². The number of piperidine rings is 1. The van der Waals surface area contributed by atoms with Crippen molar-refractivity contribution in [1.82, 2.24) is 4.90 Å². The number of rotatable bonds is 7. The van der Waals surface area contributed by atoms with Gasteiger partial charge in [-0.25, -0.2) is 0 Å². The van der Waals surface area contributed by atoms with Crippen molar-refractivity contribution < 1.29 is 4.79 Å². The second kappa shape index (κ2) is 9.54. The zero-order chi connectivity index (χ0) is 18.2. The first-order valence-electron chi connectivity index (χ1n) is 9.83. The lowest BCUT2D eigenvalue weighted by atomic mass is 9.89. The molecule has 2 unspecified atom stereocenters. The van der Waals surface area contributed by atoms with E-state index in [2.05, 4.69) is 40.5 Å². The van der Waals surface area contributed by atoms with Gasteiger partial charge in [0.2, 0.25) is 5.91 Å². The molecule has 26 heavy (non-hydrogen) atoms. The molecule has 138 valence electrons. The Bertz CT molecular complexity index is 671. The highest BCUT2D eigenvalue weighted by molar-refractivity contribution is 5.92. The highest BCUT2D eigenvalue weighted by Gasteiger charge is 2.22. The third-order valence-corrected chi connectivity index (χ3v) is 5.35. The number of hydrogen-bond donors (Lipinski definition) is 1. The molecule has 0 spiro atoms. The fourth-order valence-electron chi connectivity index (χ4n) is 3.78. The minimum absolute atomic E-state index is 0.0553. The lowest BCUT2D eigenvalue weighted by molar-refractivity contribution is -0.119. The molecule has 0 aliphatic carbocycles. The van der Waals surface area contributed by atoms with Gasteiger partial charge in [0.05, 0.1) is 0 Å². The smallest absolute Gasteiger partial charge is 0.227 e.